The second-order valence-electron chi connectivity index (χ2n) is 6.85. The largest absolute Gasteiger partial charge is 0.494 e. The van der Waals surface area contributed by atoms with E-state index in [2.05, 4.69) is 15.3 Å². The normalized spacial score (nSPS) is 14.7. The van der Waals surface area contributed by atoms with Crippen LogP contribution >= 0.6 is 0 Å². The van der Waals surface area contributed by atoms with Crippen LogP contribution in [0.5, 0.6) is 5.75 Å². The maximum atomic E-state index is 13.8. The highest BCUT2D eigenvalue weighted by atomic mass is 19.1. The van der Waals surface area contributed by atoms with E-state index in [1.165, 1.54) is 30.0 Å². The first-order chi connectivity index (χ1) is 14.0. The van der Waals surface area contributed by atoms with Crippen LogP contribution in [0.1, 0.15) is 23.2 Å². The topological polar surface area (TPSA) is 85.7 Å². The van der Waals surface area contributed by atoms with Gasteiger partial charge in [-0.25, -0.2) is 9.07 Å². The predicted molar refractivity (Wildman–Crippen MR) is 106 cm³/mol. The molecule has 1 aliphatic rings. The SMILES string of the molecule is COCCn1ncc(N2CCC(NC(=O)c3ccc(OC)c(F)c3)CC2)cc1=O. The van der Waals surface area contributed by atoms with Gasteiger partial charge >= 0.3 is 0 Å². The van der Waals surface area contributed by atoms with Gasteiger partial charge in [0.15, 0.2) is 11.6 Å². The predicted octanol–water partition coefficient (Wildman–Crippen LogP) is 1.44. The maximum Gasteiger partial charge on any atom is 0.268 e. The van der Waals surface area contributed by atoms with E-state index < -0.39 is 5.82 Å². The summed E-state index contributed by atoms with van der Waals surface area (Å²) < 4.78 is 25.0. The molecule has 2 heterocycles. The van der Waals surface area contributed by atoms with E-state index in [-0.39, 0.29) is 28.8 Å². The molecule has 1 aromatic heterocycles. The number of anilines is 1. The fourth-order valence-corrected chi connectivity index (χ4v) is 3.30. The molecule has 1 saturated heterocycles. The van der Waals surface area contributed by atoms with Crippen LogP contribution in [0.3, 0.4) is 0 Å². The molecule has 2 aromatic rings. The molecule has 0 unspecified atom stereocenters. The Morgan fingerprint density at radius 3 is 2.66 bits per heavy atom. The van der Waals surface area contributed by atoms with Crippen molar-refractivity contribution in [2.45, 2.75) is 25.4 Å². The Morgan fingerprint density at radius 1 is 1.28 bits per heavy atom. The van der Waals surface area contributed by atoms with E-state index in [0.29, 0.717) is 26.2 Å². The number of halogens is 1. The molecule has 0 radical (unpaired) electrons. The molecule has 156 valence electrons. The van der Waals surface area contributed by atoms with Gasteiger partial charge in [-0.2, -0.15) is 5.10 Å². The van der Waals surface area contributed by atoms with Crippen LogP contribution in [-0.2, 0) is 11.3 Å². The Bertz CT molecular complexity index is 910. The molecule has 1 aromatic carbocycles. The van der Waals surface area contributed by atoms with Crippen molar-refractivity contribution in [2.24, 2.45) is 0 Å². The third kappa shape index (κ3) is 5.11. The van der Waals surface area contributed by atoms with Crippen molar-refractivity contribution in [2.75, 3.05) is 38.8 Å². The summed E-state index contributed by atoms with van der Waals surface area (Å²) >= 11 is 0. The molecule has 3 rings (SSSR count). The number of amides is 1. The van der Waals surface area contributed by atoms with E-state index in [0.717, 1.165) is 18.5 Å². The average Bonchev–Trinajstić information content (AvgIpc) is 2.73. The lowest BCUT2D eigenvalue weighted by Gasteiger charge is -2.33. The summed E-state index contributed by atoms with van der Waals surface area (Å²) in [6.07, 6.45) is 3.12. The van der Waals surface area contributed by atoms with Gasteiger partial charge in [0.05, 0.1) is 32.1 Å². The summed E-state index contributed by atoms with van der Waals surface area (Å²) in [4.78, 5) is 26.6. The zero-order chi connectivity index (χ0) is 20.8. The van der Waals surface area contributed by atoms with Crippen molar-refractivity contribution in [3.05, 3.63) is 52.2 Å². The van der Waals surface area contributed by atoms with Crippen molar-refractivity contribution in [1.82, 2.24) is 15.1 Å². The fraction of sp³-hybridized carbons (Fsp3) is 0.450. The van der Waals surface area contributed by atoms with Crippen LogP contribution in [0.4, 0.5) is 10.1 Å². The standard InChI is InChI=1S/C20H25FN4O4/c1-28-10-9-25-19(26)12-16(13-22-25)24-7-5-15(6-8-24)23-20(27)14-3-4-18(29-2)17(21)11-14/h3-4,11-13,15H,5-10H2,1-2H3,(H,23,27). The molecule has 29 heavy (non-hydrogen) atoms. The average molecular weight is 404 g/mol. The van der Waals surface area contributed by atoms with Gasteiger partial charge in [0.2, 0.25) is 0 Å². The quantitative estimate of drug-likeness (QED) is 0.752. The van der Waals surface area contributed by atoms with Crippen molar-refractivity contribution < 1.29 is 18.7 Å². The number of nitrogens with zero attached hydrogens (tertiary/aromatic N) is 3. The molecule has 1 N–H and O–H groups in total. The lowest BCUT2D eigenvalue weighted by atomic mass is 10.0. The highest BCUT2D eigenvalue weighted by Crippen LogP contribution is 2.20. The van der Waals surface area contributed by atoms with E-state index in [9.17, 15) is 14.0 Å². The van der Waals surface area contributed by atoms with Crippen LogP contribution in [0.25, 0.3) is 0 Å². The number of methoxy groups -OCH3 is 2. The van der Waals surface area contributed by atoms with Crippen LogP contribution in [0.2, 0.25) is 0 Å². The molecule has 9 heteroatoms. The third-order valence-electron chi connectivity index (χ3n) is 4.97. The number of carbonyl (C=O) groups excluding carboxylic acids is 1. The Balaban J connectivity index is 1.55. The smallest absolute Gasteiger partial charge is 0.268 e. The number of nitrogens with one attached hydrogen (secondary N) is 1. The van der Waals surface area contributed by atoms with Gasteiger partial charge in [-0.1, -0.05) is 0 Å². The Labute approximate surface area is 168 Å². The molecular formula is C20H25FN4O4. The first-order valence-electron chi connectivity index (χ1n) is 9.47. The van der Waals surface area contributed by atoms with Gasteiger partial charge in [-0.15, -0.1) is 0 Å². The van der Waals surface area contributed by atoms with Crippen LogP contribution in [0.15, 0.2) is 35.3 Å². The van der Waals surface area contributed by atoms with E-state index in [1.54, 1.807) is 19.4 Å². The second-order valence-corrected chi connectivity index (χ2v) is 6.85. The molecular weight excluding hydrogens is 379 g/mol. The Morgan fingerprint density at radius 2 is 2.03 bits per heavy atom. The van der Waals surface area contributed by atoms with E-state index in [1.807, 2.05) is 0 Å². The summed E-state index contributed by atoms with van der Waals surface area (Å²) in [6.45, 7) is 2.21. The highest BCUT2D eigenvalue weighted by Gasteiger charge is 2.22. The second kappa shape index (κ2) is 9.51. The number of hydrogen-bond acceptors (Lipinski definition) is 6. The number of piperidine rings is 1. The van der Waals surface area contributed by atoms with Crippen LogP contribution in [0, 0.1) is 5.82 Å². The zero-order valence-corrected chi connectivity index (χ0v) is 16.6. The minimum atomic E-state index is -0.567. The maximum absolute atomic E-state index is 13.8. The van der Waals surface area contributed by atoms with Crippen molar-refractivity contribution >= 4 is 11.6 Å². The van der Waals surface area contributed by atoms with E-state index >= 15 is 0 Å². The molecule has 0 aliphatic carbocycles. The third-order valence-corrected chi connectivity index (χ3v) is 4.97. The molecule has 1 amide bonds. The fourth-order valence-electron chi connectivity index (χ4n) is 3.30. The summed E-state index contributed by atoms with van der Waals surface area (Å²) in [5, 5.41) is 7.13. The number of rotatable bonds is 7. The molecule has 0 spiro atoms. The van der Waals surface area contributed by atoms with Gasteiger partial charge in [0.25, 0.3) is 11.5 Å². The Hall–Kier alpha value is -2.94. The summed E-state index contributed by atoms with van der Waals surface area (Å²) in [7, 11) is 2.95. The van der Waals surface area contributed by atoms with Crippen LogP contribution in [-0.4, -0.2) is 55.6 Å². The molecule has 0 saturated carbocycles. The van der Waals surface area contributed by atoms with Gasteiger partial charge in [-0.3, -0.25) is 9.59 Å². The molecule has 0 atom stereocenters. The van der Waals surface area contributed by atoms with E-state index in [4.69, 9.17) is 9.47 Å². The van der Waals surface area contributed by atoms with Gasteiger partial charge in [0, 0.05) is 37.9 Å². The first kappa shape index (κ1) is 20.8. The number of aromatic nitrogens is 2. The summed E-state index contributed by atoms with van der Waals surface area (Å²) in [6, 6.07) is 5.71. The number of benzene rings is 1. The minimum absolute atomic E-state index is 0.0149. The molecule has 0 bridgehead atoms. The van der Waals surface area contributed by atoms with Crippen molar-refractivity contribution in [3.8, 4) is 5.75 Å². The van der Waals surface area contributed by atoms with Crippen molar-refractivity contribution in [1.29, 1.82) is 0 Å². The zero-order valence-electron chi connectivity index (χ0n) is 16.6. The van der Waals surface area contributed by atoms with Gasteiger partial charge < -0.3 is 19.7 Å². The Kier molecular flexibility index (Phi) is 6.82. The summed E-state index contributed by atoms with van der Waals surface area (Å²) in [5.74, 6) is -0.775. The van der Waals surface area contributed by atoms with Gasteiger partial charge in [-0.05, 0) is 31.0 Å². The number of hydrogen-bond donors (Lipinski definition) is 1. The number of ether oxygens (including phenoxy) is 2. The monoisotopic (exact) mass is 404 g/mol. The van der Waals surface area contributed by atoms with Gasteiger partial charge in [0.1, 0.15) is 0 Å². The lowest BCUT2D eigenvalue weighted by Crippen LogP contribution is -2.45. The highest BCUT2D eigenvalue weighted by molar-refractivity contribution is 5.94. The lowest BCUT2D eigenvalue weighted by molar-refractivity contribution is 0.0930. The minimum Gasteiger partial charge on any atom is -0.494 e. The molecule has 1 aliphatic heterocycles. The summed E-state index contributed by atoms with van der Waals surface area (Å²) in [5.41, 5.74) is 0.858. The van der Waals surface area contributed by atoms with Crippen LogP contribution < -0.4 is 20.5 Å². The number of carbonyl (C=O) groups is 1. The molecule has 8 nitrogen and oxygen atoms in total. The first-order valence-corrected chi connectivity index (χ1v) is 9.47. The molecule has 1 fully saturated rings. The van der Waals surface area contributed by atoms with Crippen molar-refractivity contribution in [3.63, 3.8) is 0 Å².